The van der Waals surface area contributed by atoms with Crippen LogP contribution in [-0.2, 0) is 6.42 Å². The van der Waals surface area contributed by atoms with Crippen molar-refractivity contribution in [1.29, 1.82) is 0 Å². The van der Waals surface area contributed by atoms with E-state index in [2.05, 4.69) is 4.98 Å². The van der Waals surface area contributed by atoms with Gasteiger partial charge in [-0.3, -0.25) is 0 Å². The van der Waals surface area contributed by atoms with Crippen LogP contribution in [0.25, 0.3) is 5.65 Å². The van der Waals surface area contributed by atoms with Crippen LogP contribution in [0.1, 0.15) is 12.6 Å². The van der Waals surface area contributed by atoms with E-state index < -0.39 is 0 Å². The zero-order valence-electron chi connectivity index (χ0n) is 6.86. The molecule has 0 aliphatic heterocycles. The van der Waals surface area contributed by atoms with E-state index in [1.165, 1.54) is 0 Å². The predicted molar refractivity (Wildman–Crippen MR) is 46.2 cm³/mol. The van der Waals surface area contributed by atoms with Crippen molar-refractivity contribution in [3.05, 3.63) is 30.2 Å². The Balaban J connectivity index is 2.80. The van der Waals surface area contributed by atoms with Gasteiger partial charge in [0.25, 0.3) is 0 Å². The molecule has 0 spiro atoms. The fraction of sp³-hybridized carbons (Fsp3) is 0.222. The maximum absolute atomic E-state index is 9.31. The molecular weight excluding hydrogens is 152 g/mol. The molecule has 0 aliphatic rings. The van der Waals surface area contributed by atoms with Crippen molar-refractivity contribution in [2.45, 2.75) is 13.3 Å². The van der Waals surface area contributed by atoms with E-state index in [9.17, 15) is 5.11 Å². The molecular formula is C9H10N2O. The van der Waals surface area contributed by atoms with Crippen LogP contribution >= 0.6 is 0 Å². The molecule has 0 aliphatic carbocycles. The molecule has 0 aromatic carbocycles. The van der Waals surface area contributed by atoms with E-state index >= 15 is 0 Å². The van der Waals surface area contributed by atoms with E-state index in [1.54, 1.807) is 18.3 Å². The summed E-state index contributed by atoms with van der Waals surface area (Å²) in [5.74, 6) is 0.283. The van der Waals surface area contributed by atoms with Gasteiger partial charge < -0.3 is 9.51 Å². The molecule has 2 rings (SSSR count). The van der Waals surface area contributed by atoms with E-state index in [1.807, 2.05) is 17.5 Å². The van der Waals surface area contributed by atoms with Gasteiger partial charge in [0.1, 0.15) is 11.4 Å². The zero-order valence-corrected chi connectivity index (χ0v) is 6.86. The number of hydrogen-bond acceptors (Lipinski definition) is 2. The Morgan fingerprint density at radius 1 is 1.50 bits per heavy atom. The molecule has 0 bridgehead atoms. The van der Waals surface area contributed by atoms with Gasteiger partial charge in [-0.05, 0) is 12.5 Å². The lowest BCUT2D eigenvalue weighted by Crippen LogP contribution is -1.92. The van der Waals surface area contributed by atoms with E-state index in [-0.39, 0.29) is 5.75 Å². The molecule has 0 atom stereocenters. The van der Waals surface area contributed by atoms with Crippen molar-refractivity contribution in [2.75, 3.05) is 0 Å². The minimum Gasteiger partial charge on any atom is -0.508 e. The monoisotopic (exact) mass is 162 g/mol. The van der Waals surface area contributed by atoms with Crippen LogP contribution in [0.2, 0.25) is 0 Å². The first-order chi connectivity index (χ1) is 5.81. The largest absolute Gasteiger partial charge is 0.508 e. The fourth-order valence-corrected chi connectivity index (χ4v) is 1.35. The second-order valence-corrected chi connectivity index (χ2v) is 2.71. The third kappa shape index (κ3) is 0.942. The Morgan fingerprint density at radius 2 is 2.33 bits per heavy atom. The quantitative estimate of drug-likeness (QED) is 0.691. The van der Waals surface area contributed by atoms with Crippen LogP contribution in [0.3, 0.4) is 0 Å². The molecule has 62 valence electrons. The average molecular weight is 162 g/mol. The smallest absolute Gasteiger partial charge is 0.140 e. The Bertz CT molecular complexity index is 406. The number of imidazole rings is 1. The standard InChI is InChI=1S/C9H10N2O/c1-2-7-5-8(12)6-9-10-3-4-11(7)9/h3-6,12H,2H2,1H3. The van der Waals surface area contributed by atoms with Gasteiger partial charge in [-0.25, -0.2) is 4.98 Å². The van der Waals surface area contributed by atoms with Crippen LogP contribution in [-0.4, -0.2) is 14.5 Å². The molecule has 3 heteroatoms. The summed E-state index contributed by atoms with van der Waals surface area (Å²) < 4.78 is 1.97. The molecule has 1 N–H and O–H groups in total. The third-order valence-corrected chi connectivity index (χ3v) is 1.93. The van der Waals surface area contributed by atoms with Crippen LogP contribution in [0.4, 0.5) is 0 Å². The van der Waals surface area contributed by atoms with E-state index in [0.717, 1.165) is 17.8 Å². The number of fused-ring (bicyclic) bond motifs is 1. The highest BCUT2D eigenvalue weighted by Crippen LogP contribution is 2.15. The van der Waals surface area contributed by atoms with Crippen molar-refractivity contribution in [3.63, 3.8) is 0 Å². The van der Waals surface area contributed by atoms with Gasteiger partial charge in [-0.15, -0.1) is 0 Å². The van der Waals surface area contributed by atoms with Crippen LogP contribution < -0.4 is 0 Å². The lowest BCUT2D eigenvalue weighted by Gasteiger charge is -2.02. The first kappa shape index (κ1) is 7.16. The summed E-state index contributed by atoms with van der Waals surface area (Å²) >= 11 is 0. The molecule has 0 amide bonds. The third-order valence-electron chi connectivity index (χ3n) is 1.93. The lowest BCUT2D eigenvalue weighted by atomic mass is 10.3. The fourth-order valence-electron chi connectivity index (χ4n) is 1.35. The number of hydrogen-bond donors (Lipinski definition) is 1. The van der Waals surface area contributed by atoms with Gasteiger partial charge in [0.15, 0.2) is 0 Å². The number of nitrogens with zero attached hydrogens (tertiary/aromatic N) is 2. The SMILES string of the molecule is CCc1cc(O)cc2nccn12. The summed E-state index contributed by atoms with van der Waals surface area (Å²) in [5.41, 5.74) is 1.87. The first-order valence-electron chi connectivity index (χ1n) is 3.96. The van der Waals surface area contributed by atoms with E-state index in [4.69, 9.17) is 0 Å². The van der Waals surface area contributed by atoms with E-state index in [0.29, 0.717) is 0 Å². The molecule has 0 saturated carbocycles. The minimum atomic E-state index is 0.283. The summed E-state index contributed by atoms with van der Waals surface area (Å²) in [7, 11) is 0. The van der Waals surface area contributed by atoms with Crippen molar-refractivity contribution >= 4 is 5.65 Å². The molecule has 0 unspecified atom stereocenters. The van der Waals surface area contributed by atoms with Gasteiger partial charge in [-0.1, -0.05) is 6.92 Å². The zero-order chi connectivity index (χ0) is 8.55. The van der Waals surface area contributed by atoms with Crippen LogP contribution in [0, 0.1) is 0 Å². The first-order valence-corrected chi connectivity index (χ1v) is 3.96. The summed E-state index contributed by atoms with van der Waals surface area (Å²) in [5, 5.41) is 9.31. The molecule has 0 radical (unpaired) electrons. The Morgan fingerprint density at radius 3 is 3.08 bits per heavy atom. The number of aryl methyl sites for hydroxylation is 1. The van der Waals surface area contributed by atoms with Crippen molar-refractivity contribution in [3.8, 4) is 5.75 Å². The normalized spacial score (nSPS) is 10.8. The Labute approximate surface area is 70.3 Å². The molecule has 2 heterocycles. The van der Waals surface area contributed by atoms with Crippen LogP contribution in [0.5, 0.6) is 5.75 Å². The van der Waals surface area contributed by atoms with Crippen molar-refractivity contribution in [2.24, 2.45) is 0 Å². The van der Waals surface area contributed by atoms with Crippen LogP contribution in [0.15, 0.2) is 24.5 Å². The van der Waals surface area contributed by atoms with Gasteiger partial charge in [0.2, 0.25) is 0 Å². The highest BCUT2D eigenvalue weighted by Gasteiger charge is 2.00. The van der Waals surface area contributed by atoms with Crippen molar-refractivity contribution in [1.82, 2.24) is 9.38 Å². The Kier molecular flexibility index (Phi) is 1.50. The number of aromatic hydroxyl groups is 1. The summed E-state index contributed by atoms with van der Waals surface area (Å²) in [4.78, 5) is 4.09. The molecule has 0 saturated heterocycles. The van der Waals surface area contributed by atoms with Gasteiger partial charge in [0.05, 0.1) is 0 Å². The highest BCUT2D eigenvalue weighted by atomic mass is 16.3. The maximum atomic E-state index is 9.31. The number of aromatic nitrogens is 2. The predicted octanol–water partition coefficient (Wildman–Crippen LogP) is 1.60. The lowest BCUT2D eigenvalue weighted by molar-refractivity contribution is 0.474. The van der Waals surface area contributed by atoms with Gasteiger partial charge in [0, 0.05) is 24.2 Å². The maximum Gasteiger partial charge on any atom is 0.140 e. The summed E-state index contributed by atoms with van der Waals surface area (Å²) in [6.45, 7) is 2.05. The summed E-state index contributed by atoms with van der Waals surface area (Å²) in [6, 6.07) is 3.41. The molecule has 3 nitrogen and oxygen atoms in total. The highest BCUT2D eigenvalue weighted by molar-refractivity contribution is 5.46. The molecule has 0 fully saturated rings. The molecule has 2 aromatic rings. The summed E-state index contributed by atoms with van der Waals surface area (Å²) in [6.07, 6.45) is 4.52. The topological polar surface area (TPSA) is 37.5 Å². The molecule has 2 aromatic heterocycles. The van der Waals surface area contributed by atoms with Gasteiger partial charge >= 0.3 is 0 Å². The van der Waals surface area contributed by atoms with Gasteiger partial charge in [-0.2, -0.15) is 0 Å². The second-order valence-electron chi connectivity index (χ2n) is 2.71. The minimum absolute atomic E-state index is 0.283. The molecule has 12 heavy (non-hydrogen) atoms. The number of rotatable bonds is 1. The van der Waals surface area contributed by atoms with Crippen molar-refractivity contribution < 1.29 is 5.11 Å². The Hall–Kier alpha value is -1.51. The number of pyridine rings is 1. The average Bonchev–Trinajstić information content (AvgIpc) is 2.50. The second kappa shape index (κ2) is 2.52.